The van der Waals surface area contributed by atoms with E-state index in [0.717, 1.165) is 0 Å². The predicted molar refractivity (Wildman–Crippen MR) is 70.2 cm³/mol. The summed E-state index contributed by atoms with van der Waals surface area (Å²) in [5, 5.41) is -3.31. The van der Waals surface area contributed by atoms with Crippen LogP contribution in [0.5, 0.6) is 0 Å². The number of hydrogen-bond donors (Lipinski definition) is 0. The van der Waals surface area contributed by atoms with E-state index in [-0.39, 0.29) is 24.6 Å². The van der Waals surface area contributed by atoms with Gasteiger partial charge in [0.15, 0.2) is 10.1 Å². The topological polar surface area (TPSA) is 9.23 Å². The highest BCUT2D eigenvalue weighted by molar-refractivity contribution is 6.32. The van der Waals surface area contributed by atoms with Gasteiger partial charge in [-0.2, -0.15) is 0 Å². The summed E-state index contributed by atoms with van der Waals surface area (Å²) in [6.07, 6.45) is -6.77. The Morgan fingerprint density at radius 1 is 0.789 bits per heavy atom. The van der Waals surface area contributed by atoms with Crippen LogP contribution in [-0.4, -0.2) is 34.7 Å². The van der Waals surface area contributed by atoms with Crippen LogP contribution in [0.15, 0.2) is 0 Å². The average Bonchev–Trinajstić information content (AvgIpc) is 2.34. The van der Waals surface area contributed by atoms with Gasteiger partial charge in [0.05, 0.1) is 11.8 Å². The minimum Gasteiger partial charge on any atom is -0.336 e. The maximum Gasteiger partial charge on any atom is 0.238 e. The van der Waals surface area contributed by atoms with Gasteiger partial charge < -0.3 is 4.74 Å². The van der Waals surface area contributed by atoms with E-state index in [1.165, 1.54) is 0 Å². The Bertz CT molecular complexity index is 236. The minimum absolute atomic E-state index is 0.268. The molecule has 0 aliphatic carbocycles. The Morgan fingerprint density at radius 2 is 1.11 bits per heavy atom. The number of hydrogen-bond acceptors (Lipinski definition) is 1. The third kappa shape index (κ3) is 8.66. The molecule has 1 nitrogen and oxygen atoms in total. The van der Waals surface area contributed by atoms with Gasteiger partial charge >= 0.3 is 0 Å². The molecular weight excluding hydrogens is 354 g/mol. The normalized spacial score (nSPS) is 18.6. The first kappa shape index (κ1) is 19.8. The van der Waals surface area contributed by atoms with Crippen molar-refractivity contribution in [1.29, 1.82) is 0 Å². The highest BCUT2D eigenvalue weighted by Crippen LogP contribution is 2.37. The van der Waals surface area contributed by atoms with Gasteiger partial charge in [-0.05, 0) is 12.8 Å². The summed E-state index contributed by atoms with van der Waals surface area (Å²) in [6, 6.07) is 0. The molecule has 0 aromatic carbocycles. The van der Waals surface area contributed by atoms with Crippen molar-refractivity contribution < 1.29 is 22.3 Å². The maximum absolute atomic E-state index is 12.2. The summed E-state index contributed by atoms with van der Waals surface area (Å²) in [4.78, 5) is 0. The standard InChI is InChI=1S/C10H14Cl4F4O/c11-5-9(13,3-1-7(15)16)19-10(14,6-12)4-2-8(17)18/h7-8H,1-6H2. The third-order valence-electron chi connectivity index (χ3n) is 2.24. The smallest absolute Gasteiger partial charge is 0.238 e. The first-order chi connectivity index (χ1) is 8.66. The zero-order chi connectivity index (χ0) is 15.1. The zero-order valence-electron chi connectivity index (χ0n) is 9.83. The lowest BCUT2D eigenvalue weighted by atomic mass is 10.1. The van der Waals surface area contributed by atoms with Crippen molar-refractivity contribution in [3.05, 3.63) is 0 Å². The summed E-state index contributed by atoms with van der Waals surface area (Å²) in [5.74, 6) is -0.636. The number of alkyl halides is 8. The zero-order valence-corrected chi connectivity index (χ0v) is 12.9. The molecule has 0 fully saturated rings. The Hall–Kier alpha value is 0.840. The van der Waals surface area contributed by atoms with Gasteiger partial charge in [-0.3, -0.25) is 0 Å². The minimum atomic E-state index is -2.58. The highest BCUT2D eigenvalue weighted by atomic mass is 35.5. The molecule has 0 radical (unpaired) electrons. The van der Waals surface area contributed by atoms with E-state index < -0.39 is 35.8 Å². The summed E-state index contributed by atoms with van der Waals surface area (Å²) >= 11 is 23.0. The quantitative estimate of drug-likeness (QED) is 0.369. The molecule has 0 saturated heterocycles. The van der Waals surface area contributed by atoms with Gasteiger partial charge in [-0.1, -0.05) is 23.2 Å². The Morgan fingerprint density at radius 3 is 1.32 bits per heavy atom. The predicted octanol–water partition coefficient (Wildman–Crippen LogP) is 5.44. The SMILES string of the molecule is FC(F)CCC(Cl)(CCl)OC(Cl)(CCl)CCC(F)F. The molecular formula is C10H14Cl4F4O. The molecule has 0 saturated carbocycles. The first-order valence-corrected chi connectivity index (χ1v) is 7.25. The van der Waals surface area contributed by atoms with Crippen LogP contribution in [0.4, 0.5) is 17.6 Å². The molecule has 0 amide bonds. The molecule has 0 aromatic rings. The molecule has 0 spiro atoms. The maximum atomic E-state index is 12.2. The molecule has 2 unspecified atom stereocenters. The lowest BCUT2D eigenvalue weighted by Gasteiger charge is -2.35. The van der Waals surface area contributed by atoms with E-state index in [1.807, 2.05) is 0 Å². The Balaban J connectivity index is 4.59. The fraction of sp³-hybridized carbons (Fsp3) is 1.00. The second kappa shape index (κ2) is 8.98. The van der Waals surface area contributed by atoms with Crippen LogP contribution >= 0.6 is 46.4 Å². The van der Waals surface area contributed by atoms with Gasteiger partial charge in [0, 0.05) is 12.8 Å². The van der Waals surface area contributed by atoms with E-state index in [4.69, 9.17) is 51.1 Å². The third-order valence-corrected chi connectivity index (χ3v) is 4.17. The molecule has 116 valence electrons. The Kier molecular flexibility index (Phi) is 9.38. The number of halogens is 8. The van der Waals surface area contributed by atoms with Crippen LogP contribution in [0.25, 0.3) is 0 Å². The molecule has 0 N–H and O–H groups in total. The Labute approximate surface area is 129 Å². The van der Waals surface area contributed by atoms with Crippen molar-refractivity contribution in [3.63, 3.8) is 0 Å². The van der Waals surface area contributed by atoms with E-state index in [9.17, 15) is 17.6 Å². The molecule has 0 aliphatic rings. The fourth-order valence-corrected chi connectivity index (χ4v) is 2.20. The molecule has 9 heteroatoms. The van der Waals surface area contributed by atoms with Crippen molar-refractivity contribution >= 4 is 46.4 Å². The first-order valence-electron chi connectivity index (χ1n) is 5.42. The monoisotopic (exact) mass is 366 g/mol. The second-order valence-corrected chi connectivity index (χ2v) is 5.91. The van der Waals surface area contributed by atoms with Crippen molar-refractivity contribution in [2.45, 2.75) is 48.7 Å². The second-order valence-electron chi connectivity index (χ2n) is 4.00. The fourth-order valence-electron chi connectivity index (χ4n) is 1.27. The average molecular weight is 368 g/mol. The van der Waals surface area contributed by atoms with Crippen LogP contribution < -0.4 is 0 Å². The van der Waals surface area contributed by atoms with Gasteiger partial charge in [-0.15, -0.1) is 23.2 Å². The largest absolute Gasteiger partial charge is 0.336 e. The van der Waals surface area contributed by atoms with Crippen LogP contribution in [0.3, 0.4) is 0 Å². The van der Waals surface area contributed by atoms with Crippen molar-refractivity contribution in [1.82, 2.24) is 0 Å². The highest BCUT2D eigenvalue weighted by Gasteiger charge is 2.39. The van der Waals surface area contributed by atoms with E-state index in [2.05, 4.69) is 0 Å². The molecule has 0 aromatic heterocycles. The van der Waals surface area contributed by atoms with E-state index in [0.29, 0.717) is 0 Å². The van der Waals surface area contributed by atoms with Gasteiger partial charge in [0.2, 0.25) is 12.9 Å². The van der Waals surface area contributed by atoms with Gasteiger partial charge in [-0.25, -0.2) is 17.6 Å². The van der Waals surface area contributed by atoms with Crippen molar-refractivity contribution in [2.75, 3.05) is 11.8 Å². The molecule has 19 heavy (non-hydrogen) atoms. The summed E-state index contributed by atoms with van der Waals surface area (Å²) in [7, 11) is 0. The molecule has 0 heterocycles. The summed E-state index contributed by atoms with van der Waals surface area (Å²) in [5.41, 5.74) is 0. The summed E-state index contributed by atoms with van der Waals surface area (Å²) < 4.78 is 53.8. The number of ether oxygens (including phenoxy) is 1. The van der Waals surface area contributed by atoms with Crippen LogP contribution in [0.2, 0.25) is 0 Å². The van der Waals surface area contributed by atoms with Crippen molar-refractivity contribution in [2.24, 2.45) is 0 Å². The lowest BCUT2D eigenvalue weighted by Crippen LogP contribution is -2.41. The van der Waals surface area contributed by atoms with Crippen LogP contribution in [0, 0.1) is 0 Å². The van der Waals surface area contributed by atoms with Crippen LogP contribution in [0.1, 0.15) is 25.7 Å². The molecule has 0 rings (SSSR count). The van der Waals surface area contributed by atoms with Gasteiger partial charge in [0.1, 0.15) is 0 Å². The van der Waals surface area contributed by atoms with Gasteiger partial charge in [0.25, 0.3) is 0 Å². The molecule has 0 aliphatic heterocycles. The molecule has 0 bridgehead atoms. The lowest BCUT2D eigenvalue weighted by molar-refractivity contribution is -0.0637. The number of rotatable bonds is 10. The van der Waals surface area contributed by atoms with Crippen molar-refractivity contribution in [3.8, 4) is 0 Å². The molecule has 2 atom stereocenters. The van der Waals surface area contributed by atoms with E-state index in [1.54, 1.807) is 0 Å². The van der Waals surface area contributed by atoms with Crippen LogP contribution in [-0.2, 0) is 4.74 Å². The summed E-state index contributed by atoms with van der Waals surface area (Å²) in [6.45, 7) is 0. The van der Waals surface area contributed by atoms with E-state index >= 15 is 0 Å².